The molecule has 0 bridgehead atoms. The zero-order chi connectivity index (χ0) is 20.1. The van der Waals surface area contributed by atoms with Crippen molar-refractivity contribution in [2.45, 2.75) is 12.1 Å². The van der Waals surface area contributed by atoms with Gasteiger partial charge in [0.25, 0.3) is 5.95 Å². The summed E-state index contributed by atoms with van der Waals surface area (Å²) in [7, 11) is 0. The van der Waals surface area contributed by atoms with Gasteiger partial charge in [-0.05, 0) is 13.0 Å². The molecular formula is C15H14Cl2N8OS2. The third-order valence-corrected chi connectivity index (χ3v) is 5.86. The highest BCUT2D eigenvalue weighted by Crippen LogP contribution is 2.24. The Morgan fingerprint density at radius 1 is 1.43 bits per heavy atom. The second-order valence-electron chi connectivity index (χ2n) is 5.32. The van der Waals surface area contributed by atoms with Crippen LogP contribution in [-0.2, 0) is 4.79 Å². The Bertz CT molecular complexity index is 1020. The van der Waals surface area contributed by atoms with Crippen molar-refractivity contribution in [2.24, 2.45) is 5.10 Å². The van der Waals surface area contributed by atoms with Gasteiger partial charge < -0.3 is 11.2 Å². The van der Waals surface area contributed by atoms with Crippen molar-refractivity contribution in [2.75, 3.05) is 22.3 Å². The van der Waals surface area contributed by atoms with Crippen LogP contribution in [0, 0.1) is 6.92 Å². The molecule has 0 aliphatic heterocycles. The van der Waals surface area contributed by atoms with Crippen LogP contribution in [0.4, 0.5) is 11.1 Å². The van der Waals surface area contributed by atoms with Gasteiger partial charge in [-0.25, -0.2) is 15.1 Å². The molecule has 2 heterocycles. The number of halogens is 2. The van der Waals surface area contributed by atoms with Gasteiger partial charge in [-0.1, -0.05) is 47.1 Å². The van der Waals surface area contributed by atoms with Gasteiger partial charge in [0.2, 0.25) is 11.1 Å². The number of nitrogens with one attached hydrogen (secondary N) is 2. The maximum absolute atomic E-state index is 12.0. The molecule has 0 saturated carbocycles. The summed E-state index contributed by atoms with van der Waals surface area (Å²) in [6.07, 6.45) is 1.49. The van der Waals surface area contributed by atoms with Crippen LogP contribution in [-0.4, -0.2) is 37.7 Å². The second kappa shape index (κ2) is 9.24. The Hall–Kier alpha value is -2.34. The first-order valence-corrected chi connectivity index (χ1v) is 10.3. The van der Waals surface area contributed by atoms with Crippen molar-refractivity contribution in [1.82, 2.24) is 19.9 Å². The van der Waals surface area contributed by atoms with Gasteiger partial charge in [-0.15, -0.1) is 21.5 Å². The molecule has 0 spiro atoms. The number of thiazole rings is 1. The highest BCUT2D eigenvalue weighted by atomic mass is 35.5. The molecule has 3 aromatic rings. The fourth-order valence-corrected chi connectivity index (χ4v) is 3.65. The number of amides is 1. The average Bonchev–Trinajstić information content (AvgIpc) is 3.22. The number of nitrogen functional groups attached to an aromatic ring is 1. The van der Waals surface area contributed by atoms with E-state index in [-0.39, 0.29) is 17.6 Å². The summed E-state index contributed by atoms with van der Waals surface area (Å²) >= 11 is 14.5. The average molecular weight is 457 g/mol. The van der Waals surface area contributed by atoms with Crippen LogP contribution in [0.3, 0.4) is 0 Å². The fraction of sp³-hybridized carbons (Fsp3) is 0.133. The van der Waals surface area contributed by atoms with Crippen LogP contribution in [0.5, 0.6) is 0 Å². The zero-order valence-electron chi connectivity index (χ0n) is 14.4. The van der Waals surface area contributed by atoms with Gasteiger partial charge in [-0.2, -0.15) is 5.10 Å². The summed E-state index contributed by atoms with van der Waals surface area (Å²) in [6.45, 7) is 1.86. The molecule has 3 rings (SSSR count). The van der Waals surface area contributed by atoms with Crippen molar-refractivity contribution in [1.29, 1.82) is 0 Å². The number of carbonyl (C=O) groups is 1. The molecule has 0 fully saturated rings. The van der Waals surface area contributed by atoms with Crippen molar-refractivity contribution in [3.63, 3.8) is 0 Å². The number of benzene rings is 1. The Morgan fingerprint density at radius 2 is 2.25 bits per heavy atom. The first-order chi connectivity index (χ1) is 13.4. The molecule has 0 radical (unpaired) electrons. The third-order valence-electron chi connectivity index (χ3n) is 3.21. The Morgan fingerprint density at radius 3 is 3.00 bits per heavy atom. The topological polar surface area (TPSA) is 123 Å². The zero-order valence-corrected chi connectivity index (χ0v) is 17.5. The molecule has 1 amide bonds. The molecule has 0 saturated heterocycles. The number of hydrazone groups is 1. The highest BCUT2D eigenvalue weighted by molar-refractivity contribution is 7.99. The number of nitrogens with zero attached hydrogens (tertiary/aromatic N) is 5. The Balaban J connectivity index is 1.55. The summed E-state index contributed by atoms with van der Waals surface area (Å²) in [4.78, 5) is 16.1. The van der Waals surface area contributed by atoms with Gasteiger partial charge in [-0.3, -0.25) is 4.79 Å². The Kier molecular flexibility index (Phi) is 6.73. The summed E-state index contributed by atoms with van der Waals surface area (Å²) in [5.74, 6) is 6.02. The molecule has 0 aliphatic carbocycles. The lowest BCUT2D eigenvalue weighted by Crippen LogP contribution is -2.16. The second-order valence-corrected chi connectivity index (χ2v) is 7.91. The lowest BCUT2D eigenvalue weighted by atomic mass is 10.2. The number of nitrogens with two attached hydrogens (primary N) is 1. The summed E-state index contributed by atoms with van der Waals surface area (Å²) in [6, 6.07) is 5.20. The smallest absolute Gasteiger partial charge is 0.264 e. The van der Waals surface area contributed by atoms with Crippen LogP contribution in [0.15, 0.2) is 33.8 Å². The number of rotatable bonds is 7. The molecular weight excluding hydrogens is 443 g/mol. The predicted molar refractivity (Wildman–Crippen MR) is 114 cm³/mol. The first kappa shape index (κ1) is 20.4. The largest absolute Gasteiger partial charge is 0.334 e. The van der Waals surface area contributed by atoms with E-state index in [0.717, 1.165) is 17.5 Å². The first-order valence-electron chi connectivity index (χ1n) is 7.72. The number of aromatic nitrogens is 4. The monoisotopic (exact) mass is 456 g/mol. The van der Waals surface area contributed by atoms with Gasteiger partial charge >= 0.3 is 0 Å². The number of hydrogen-bond acceptors (Lipinski definition) is 9. The number of anilines is 2. The lowest BCUT2D eigenvalue weighted by Gasteiger charge is -2.03. The summed E-state index contributed by atoms with van der Waals surface area (Å²) < 4.78 is 1.20. The Labute approximate surface area is 178 Å². The fourth-order valence-electron chi connectivity index (χ4n) is 1.93. The van der Waals surface area contributed by atoms with Gasteiger partial charge in [0.05, 0.1) is 27.7 Å². The van der Waals surface area contributed by atoms with E-state index in [1.165, 1.54) is 22.2 Å². The molecule has 2 aromatic heterocycles. The van der Waals surface area contributed by atoms with Crippen LogP contribution < -0.4 is 16.6 Å². The molecule has 4 N–H and O–H groups in total. The van der Waals surface area contributed by atoms with E-state index in [2.05, 4.69) is 31.0 Å². The number of aryl methyl sites for hydroxylation is 1. The summed E-state index contributed by atoms with van der Waals surface area (Å²) in [5, 5.41) is 18.1. The van der Waals surface area contributed by atoms with Crippen molar-refractivity contribution in [3.05, 3.63) is 44.9 Å². The van der Waals surface area contributed by atoms with E-state index in [4.69, 9.17) is 29.0 Å². The van der Waals surface area contributed by atoms with Crippen LogP contribution >= 0.6 is 46.3 Å². The van der Waals surface area contributed by atoms with Crippen molar-refractivity contribution >= 4 is 69.5 Å². The van der Waals surface area contributed by atoms with Crippen LogP contribution in [0.25, 0.3) is 0 Å². The quantitative estimate of drug-likeness (QED) is 0.215. The summed E-state index contributed by atoms with van der Waals surface area (Å²) in [5.41, 5.74) is 4.15. The maximum Gasteiger partial charge on any atom is 0.264 e. The van der Waals surface area contributed by atoms with Crippen molar-refractivity contribution < 1.29 is 4.79 Å². The number of carbonyl (C=O) groups excluding carboxylic acids is 1. The minimum atomic E-state index is -0.217. The maximum atomic E-state index is 12.0. The standard InChI is InChI=1S/C15H14Cl2N8OS2/c1-8-6-27-14(20-8)21-11(26)7-28-15-24-23-13(25(15)18)22-19-5-9-3-2-4-10(16)12(9)17/h2-6H,7,18H2,1H3,(H,22,23)(H,20,21,26)/b19-5+. The molecule has 0 aliphatic rings. The predicted octanol–water partition coefficient (Wildman–Crippen LogP) is 3.24. The molecule has 0 unspecified atom stereocenters. The van der Waals surface area contributed by atoms with Crippen LogP contribution in [0.2, 0.25) is 10.0 Å². The molecule has 1 aromatic carbocycles. The van der Waals surface area contributed by atoms with E-state index >= 15 is 0 Å². The molecule has 9 nitrogen and oxygen atoms in total. The van der Waals surface area contributed by atoms with E-state index < -0.39 is 0 Å². The number of hydrogen-bond donors (Lipinski definition) is 3. The van der Waals surface area contributed by atoms with Gasteiger partial charge in [0.1, 0.15) is 0 Å². The van der Waals surface area contributed by atoms with E-state index in [9.17, 15) is 4.79 Å². The molecule has 28 heavy (non-hydrogen) atoms. The van der Waals surface area contributed by atoms with Crippen molar-refractivity contribution in [3.8, 4) is 0 Å². The third kappa shape index (κ3) is 5.13. The normalized spacial score (nSPS) is 11.1. The SMILES string of the molecule is Cc1csc(NC(=O)CSc2nnc(N/N=C/c3cccc(Cl)c3Cl)n2N)n1. The van der Waals surface area contributed by atoms with E-state index in [1.54, 1.807) is 18.2 Å². The highest BCUT2D eigenvalue weighted by Gasteiger charge is 2.13. The molecule has 13 heteroatoms. The van der Waals surface area contributed by atoms with E-state index in [1.807, 2.05) is 12.3 Å². The minimum absolute atomic E-state index is 0.106. The van der Waals surface area contributed by atoms with Crippen LogP contribution in [0.1, 0.15) is 11.3 Å². The van der Waals surface area contributed by atoms with Gasteiger partial charge in [0.15, 0.2) is 5.13 Å². The lowest BCUT2D eigenvalue weighted by molar-refractivity contribution is -0.113. The molecule has 0 atom stereocenters. The number of thioether (sulfide) groups is 1. The molecule has 146 valence electrons. The minimum Gasteiger partial charge on any atom is -0.334 e. The van der Waals surface area contributed by atoms with E-state index in [0.29, 0.717) is 25.9 Å². The van der Waals surface area contributed by atoms with Gasteiger partial charge in [0, 0.05) is 10.9 Å².